The fourth-order valence-electron chi connectivity index (χ4n) is 4.91. The molecule has 2 saturated heterocycles. The summed E-state index contributed by atoms with van der Waals surface area (Å²) in [6.07, 6.45) is 14.4. The number of pyridine rings is 1. The maximum atomic E-state index is 6.12. The number of thiophene rings is 1. The van der Waals surface area contributed by atoms with E-state index in [-0.39, 0.29) is 6.10 Å². The Balaban J connectivity index is 1.24. The summed E-state index contributed by atoms with van der Waals surface area (Å²) >= 11 is 1.88. The number of aromatic nitrogens is 1. The monoisotopic (exact) mass is 423 g/mol. The van der Waals surface area contributed by atoms with E-state index in [1.165, 1.54) is 66.2 Å². The van der Waals surface area contributed by atoms with Crippen LogP contribution in [-0.4, -0.2) is 55.3 Å². The van der Waals surface area contributed by atoms with Crippen LogP contribution in [-0.2, 0) is 4.74 Å². The molecule has 1 unspecified atom stereocenters. The molecule has 2 fully saturated rings. The van der Waals surface area contributed by atoms with Crippen molar-refractivity contribution >= 4 is 32.8 Å². The van der Waals surface area contributed by atoms with E-state index in [4.69, 9.17) is 9.72 Å². The average Bonchev–Trinajstić information content (AvgIpc) is 3.52. The van der Waals surface area contributed by atoms with Gasteiger partial charge in [-0.05, 0) is 76.2 Å². The highest BCUT2D eigenvalue weighted by Gasteiger charge is 2.20. The standard InChI is InChI=1S/C25H33N3OS/c1-19-17-23-25(30-19)24(28-14-4-5-15-28)18-22(26-23)20-7-9-21(10-8-20)29-16-6-13-27-11-2-3-12-27/h7-9,17-18,21H,2-6,10-16H2,1H3. The second-order valence-electron chi connectivity index (χ2n) is 8.86. The lowest BCUT2D eigenvalue weighted by molar-refractivity contribution is 0.0794. The number of nitrogens with zero attached hydrogens (tertiary/aromatic N) is 3. The SMILES string of the molecule is Cc1cc2nc(C3=CCC(OCCCN4CCCC4)C=C3)cc(N3CCCC3)c2s1. The van der Waals surface area contributed by atoms with Gasteiger partial charge in [-0.2, -0.15) is 0 Å². The zero-order valence-corrected chi connectivity index (χ0v) is 18.9. The normalized spacial score (nSPS) is 22.4. The number of fused-ring (bicyclic) bond motifs is 1. The number of rotatable bonds is 7. The number of anilines is 1. The Kier molecular flexibility index (Phi) is 6.21. The maximum Gasteiger partial charge on any atom is 0.0841 e. The molecule has 0 saturated carbocycles. The molecule has 2 aromatic heterocycles. The first-order valence-electron chi connectivity index (χ1n) is 11.6. The average molecular weight is 424 g/mol. The quantitative estimate of drug-likeness (QED) is 0.556. The molecule has 1 aliphatic carbocycles. The predicted molar refractivity (Wildman–Crippen MR) is 128 cm³/mol. The van der Waals surface area contributed by atoms with Crippen LogP contribution in [0.3, 0.4) is 0 Å². The Bertz CT molecular complexity index is 935. The Morgan fingerprint density at radius 2 is 1.90 bits per heavy atom. The highest BCUT2D eigenvalue weighted by molar-refractivity contribution is 7.19. The number of ether oxygens (including phenoxy) is 1. The van der Waals surface area contributed by atoms with Gasteiger partial charge in [-0.25, -0.2) is 4.98 Å². The van der Waals surface area contributed by atoms with Crippen LogP contribution in [0.2, 0.25) is 0 Å². The molecule has 0 N–H and O–H groups in total. The first-order chi connectivity index (χ1) is 14.8. The van der Waals surface area contributed by atoms with Gasteiger partial charge in [-0.1, -0.05) is 18.2 Å². The van der Waals surface area contributed by atoms with E-state index >= 15 is 0 Å². The molecule has 0 radical (unpaired) electrons. The van der Waals surface area contributed by atoms with Crippen LogP contribution in [0.1, 0.15) is 49.1 Å². The van der Waals surface area contributed by atoms with E-state index in [9.17, 15) is 0 Å². The van der Waals surface area contributed by atoms with Gasteiger partial charge in [-0.15, -0.1) is 11.3 Å². The highest BCUT2D eigenvalue weighted by atomic mass is 32.1. The van der Waals surface area contributed by atoms with Crippen molar-refractivity contribution in [3.05, 3.63) is 40.9 Å². The molecule has 3 aliphatic rings. The summed E-state index contributed by atoms with van der Waals surface area (Å²) in [5, 5.41) is 0. The minimum Gasteiger partial charge on any atom is -0.374 e. The van der Waals surface area contributed by atoms with E-state index in [1.54, 1.807) is 0 Å². The van der Waals surface area contributed by atoms with Crippen molar-refractivity contribution in [1.29, 1.82) is 0 Å². The second kappa shape index (κ2) is 9.21. The third-order valence-electron chi connectivity index (χ3n) is 6.53. The molecular weight excluding hydrogens is 390 g/mol. The largest absolute Gasteiger partial charge is 0.374 e. The van der Waals surface area contributed by atoms with E-state index < -0.39 is 0 Å². The van der Waals surface area contributed by atoms with Crippen LogP contribution in [0.15, 0.2) is 30.4 Å². The molecule has 160 valence electrons. The van der Waals surface area contributed by atoms with E-state index in [0.29, 0.717) is 0 Å². The van der Waals surface area contributed by atoms with Crippen molar-refractivity contribution in [3.8, 4) is 0 Å². The number of hydrogen-bond acceptors (Lipinski definition) is 5. The lowest BCUT2D eigenvalue weighted by Gasteiger charge is -2.21. The van der Waals surface area contributed by atoms with Crippen molar-refractivity contribution in [3.63, 3.8) is 0 Å². The Morgan fingerprint density at radius 3 is 2.67 bits per heavy atom. The van der Waals surface area contributed by atoms with Gasteiger partial charge in [0.2, 0.25) is 0 Å². The summed E-state index contributed by atoms with van der Waals surface area (Å²) in [5.74, 6) is 0. The van der Waals surface area contributed by atoms with E-state index in [0.717, 1.165) is 43.7 Å². The minimum absolute atomic E-state index is 0.206. The van der Waals surface area contributed by atoms with Gasteiger partial charge in [0, 0.05) is 31.1 Å². The predicted octanol–water partition coefficient (Wildman–Crippen LogP) is 5.42. The zero-order chi connectivity index (χ0) is 20.3. The fraction of sp³-hybridized carbons (Fsp3) is 0.560. The molecule has 0 bridgehead atoms. The van der Waals surface area contributed by atoms with Gasteiger partial charge in [-0.3, -0.25) is 0 Å². The number of likely N-dealkylation sites (tertiary alicyclic amines) is 1. The zero-order valence-electron chi connectivity index (χ0n) is 18.1. The van der Waals surface area contributed by atoms with Crippen LogP contribution < -0.4 is 4.90 Å². The molecular formula is C25H33N3OS. The van der Waals surface area contributed by atoms with E-state index in [1.807, 2.05) is 11.3 Å². The molecule has 0 spiro atoms. The van der Waals surface area contributed by atoms with Crippen LogP contribution in [0, 0.1) is 6.92 Å². The smallest absolute Gasteiger partial charge is 0.0841 e. The maximum absolute atomic E-state index is 6.12. The van der Waals surface area contributed by atoms with Gasteiger partial charge in [0.15, 0.2) is 0 Å². The number of aryl methyl sites for hydroxylation is 1. The van der Waals surface area contributed by atoms with Gasteiger partial charge in [0.1, 0.15) is 0 Å². The molecule has 0 amide bonds. The summed E-state index contributed by atoms with van der Waals surface area (Å²) in [7, 11) is 0. The number of allylic oxidation sites excluding steroid dienone is 2. The van der Waals surface area contributed by atoms with Crippen molar-refractivity contribution in [2.45, 2.75) is 51.6 Å². The summed E-state index contributed by atoms with van der Waals surface area (Å²) in [6.45, 7) is 9.10. The van der Waals surface area contributed by atoms with Crippen molar-refractivity contribution in [2.24, 2.45) is 0 Å². The molecule has 0 aromatic carbocycles. The first-order valence-corrected chi connectivity index (χ1v) is 12.5. The van der Waals surface area contributed by atoms with Crippen LogP contribution in [0.25, 0.3) is 15.8 Å². The first kappa shape index (κ1) is 20.2. The summed E-state index contributed by atoms with van der Waals surface area (Å²) in [4.78, 5) is 11.5. The third kappa shape index (κ3) is 4.48. The van der Waals surface area contributed by atoms with Gasteiger partial charge >= 0.3 is 0 Å². The summed E-state index contributed by atoms with van der Waals surface area (Å²) in [6, 6.07) is 4.56. The number of hydrogen-bond donors (Lipinski definition) is 0. The van der Waals surface area contributed by atoms with Gasteiger partial charge in [0.25, 0.3) is 0 Å². The molecule has 1 atom stereocenters. The molecule has 2 aromatic rings. The molecule has 2 aliphatic heterocycles. The summed E-state index contributed by atoms with van der Waals surface area (Å²) < 4.78 is 7.47. The molecule has 5 heteroatoms. The van der Waals surface area contributed by atoms with Crippen LogP contribution in [0.5, 0.6) is 0 Å². The lowest BCUT2D eigenvalue weighted by atomic mass is 10.0. The minimum atomic E-state index is 0.206. The van der Waals surface area contributed by atoms with Crippen molar-refractivity contribution in [2.75, 3.05) is 44.2 Å². The summed E-state index contributed by atoms with van der Waals surface area (Å²) in [5.41, 5.74) is 4.86. The Hall–Kier alpha value is -1.69. The van der Waals surface area contributed by atoms with E-state index in [2.05, 4.69) is 47.1 Å². The van der Waals surface area contributed by atoms with Gasteiger partial charge in [0.05, 0.1) is 27.7 Å². The lowest BCUT2D eigenvalue weighted by Crippen LogP contribution is -2.22. The van der Waals surface area contributed by atoms with Crippen molar-refractivity contribution < 1.29 is 4.74 Å². The Morgan fingerprint density at radius 1 is 1.10 bits per heavy atom. The molecule has 5 rings (SSSR count). The van der Waals surface area contributed by atoms with Gasteiger partial charge < -0.3 is 14.5 Å². The molecule has 30 heavy (non-hydrogen) atoms. The Labute approximate surface area is 184 Å². The second-order valence-corrected chi connectivity index (χ2v) is 10.1. The van der Waals surface area contributed by atoms with Crippen LogP contribution in [0.4, 0.5) is 5.69 Å². The molecule has 4 nitrogen and oxygen atoms in total. The topological polar surface area (TPSA) is 28.6 Å². The third-order valence-corrected chi connectivity index (χ3v) is 7.60. The fourth-order valence-corrected chi connectivity index (χ4v) is 5.90. The highest BCUT2D eigenvalue weighted by Crippen LogP contribution is 2.37. The van der Waals surface area contributed by atoms with Crippen molar-refractivity contribution in [1.82, 2.24) is 9.88 Å². The molecule has 4 heterocycles. The van der Waals surface area contributed by atoms with Crippen LogP contribution >= 0.6 is 11.3 Å².